The quantitative estimate of drug-likeness (QED) is 0.766. The minimum Gasteiger partial charge on any atom is -0.397 e. The van der Waals surface area contributed by atoms with Crippen molar-refractivity contribution in [2.75, 3.05) is 10.5 Å². The summed E-state index contributed by atoms with van der Waals surface area (Å²) in [6, 6.07) is 4.98. The molecule has 8 heteroatoms. The molecule has 0 aliphatic rings. The average Bonchev–Trinajstić information content (AvgIpc) is 2.65. The Bertz CT molecular complexity index is 729. The molecule has 2 rings (SSSR count). The lowest BCUT2D eigenvalue weighted by atomic mass is 10.2. The Kier molecular flexibility index (Phi) is 4.34. The van der Waals surface area contributed by atoms with E-state index in [0.717, 1.165) is 26.9 Å². The molecule has 0 saturated heterocycles. The number of halogens is 2. The number of rotatable bonds is 3. The maximum atomic E-state index is 12.3. The highest BCUT2D eigenvalue weighted by Gasteiger charge is 2.20. The molecule has 0 fully saturated rings. The summed E-state index contributed by atoms with van der Waals surface area (Å²) < 4.78 is 28.6. The van der Waals surface area contributed by atoms with Gasteiger partial charge in [-0.1, -0.05) is 27.5 Å². The third-order valence-electron chi connectivity index (χ3n) is 2.67. The summed E-state index contributed by atoms with van der Waals surface area (Å²) >= 11 is 10.2. The van der Waals surface area contributed by atoms with Crippen LogP contribution in [-0.4, -0.2) is 8.42 Å². The van der Waals surface area contributed by atoms with Crippen LogP contribution in [0.25, 0.3) is 0 Å². The SMILES string of the molecule is Cc1cc(S(=O)(=O)Nc2c(C)cc(Br)cc2N)sc1Cl. The monoisotopic (exact) mass is 394 g/mol. The molecule has 0 bridgehead atoms. The van der Waals surface area contributed by atoms with Crippen molar-refractivity contribution in [2.45, 2.75) is 18.1 Å². The highest BCUT2D eigenvalue weighted by Crippen LogP contribution is 2.34. The zero-order chi connectivity index (χ0) is 15.1. The van der Waals surface area contributed by atoms with Crippen LogP contribution in [0.2, 0.25) is 4.34 Å². The summed E-state index contributed by atoms with van der Waals surface area (Å²) in [5.74, 6) is 0. The Morgan fingerprint density at radius 2 is 1.90 bits per heavy atom. The summed E-state index contributed by atoms with van der Waals surface area (Å²) in [6.45, 7) is 3.54. The van der Waals surface area contributed by atoms with Crippen molar-refractivity contribution in [1.29, 1.82) is 0 Å². The van der Waals surface area contributed by atoms with E-state index in [1.165, 1.54) is 0 Å². The predicted molar refractivity (Wildman–Crippen MR) is 88.2 cm³/mol. The van der Waals surface area contributed by atoms with Gasteiger partial charge in [-0.3, -0.25) is 4.72 Å². The maximum Gasteiger partial charge on any atom is 0.271 e. The lowest BCUT2D eigenvalue weighted by molar-refractivity contribution is 0.603. The fourth-order valence-electron chi connectivity index (χ4n) is 1.66. The molecule has 0 spiro atoms. The van der Waals surface area contributed by atoms with E-state index < -0.39 is 10.0 Å². The molecule has 2 aromatic rings. The lowest BCUT2D eigenvalue weighted by Gasteiger charge is -2.12. The predicted octanol–water partition coefficient (Wildman–Crippen LogP) is 4.16. The number of benzene rings is 1. The summed E-state index contributed by atoms with van der Waals surface area (Å²) in [5.41, 5.74) is 8.08. The Labute approximate surface area is 135 Å². The van der Waals surface area contributed by atoms with Crippen molar-refractivity contribution >= 4 is 60.3 Å². The second kappa shape index (κ2) is 5.55. The molecule has 0 saturated carbocycles. The van der Waals surface area contributed by atoms with Crippen molar-refractivity contribution < 1.29 is 8.42 Å². The molecule has 0 amide bonds. The summed E-state index contributed by atoms with van der Waals surface area (Å²) in [7, 11) is -3.68. The van der Waals surface area contributed by atoms with Crippen LogP contribution in [-0.2, 0) is 10.0 Å². The Balaban J connectivity index is 2.43. The van der Waals surface area contributed by atoms with Crippen molar-refractivity contribution in [2.24, 2.45) is 0 Å². The van der Waals surface area contributed by atoms with Crippen molar-refractivity contribution in [1.82, 2.24) is 0 Å². The van der Waals surface area contributed by atoms with Crippen LogP contribution in [0.3, 0.4) is 0 Å². The molecular weight excluding hydrogens is 384 g/mol. The second-order valence-corrected chi connectivity index (χ2v) is 8.79. The molecule has 20 heavy (non-hydrogen) atoms. The Morgan fingerprint density at radius 3 is 2.40 bits per heavy atom. The summed E-state index contributed by atoms with van der Waals surface area (Å²) in [6.07, 6.45) is 0. The van der Waals surface area contributed by atoms with Crippen LogP contribution >= 0.6 is 38.9 Å². The van der Waals surface area contributed by atoms with Crippen molar-refractivity contribution in [3.05, 3.63) is 38.1 Å². The largest absolute Gasteiger partial charge is 0.397 e. The topological polar surface area (TPSA) is 72.2 Å². The van der Waals surface area contributed by atoms with E-state index >= 15 is 0 Å². The summed E-state index contributed by atoms with van der Waals surface area (Å²) in [5, 5.41) is 0. The van der Waals surface area contributed by atoms with Gasteiger partial charge in [0.25, 0.3) is 10.0 Å². The number of nitrogen functional groups attached to an aromatic ring is 1. The number of thiophene rings is 1. The molecule has 3 N–H and O–H groups in total. The number of anilines is 2. The zero-order valence-electron chi connectivity index (χ0n) is 10.7. The van der Waals surface area contributed by atoms with E-state index in [1.807, 2.05) is 0 Å². The first kappa shape index (κ1) is 15.6. The van der Waals surface area contributed by atoms with Gasteiger partial charge in [0, 0.05) is 4.47 Å². The maximum absolute atomic E-state index is 12.3. The third-order valence-corrected chi connectivity index (χ3v) is 6.50. The van der Waals surface area contributed by atoms with Crippen LogP contribution in [0.1, 0.15) is 11.1 Å². The van der Waals surface area contributed by atoms with Gasteiger partial charge in [-0.2, -0.15) is 0 Å². The van der Waals surface area contributed by atoms with Crippen molar-refractivity contribution in [3.63, 3.8) is 0 Å². The van der Waals surface area contributed by atoms with Gasteiger partial charge >= 0.3 is 0 Å². The van der Waals surface area contributed by atoms with E-state index in [1.54, 1.807) is 32.0 Å². The van der Waals surface area contributed by atoms with Gasteiger partial charge < -0.3 is 5.73 Å². The van der Waals surface area contributed by atoms with Crippen LogP contribution < -0.4 is 10.5 Å². The normalized spacial score (nSPS) is 11.6. The number of hydrogen-bond donors (Lipinski definition) is 2. The lowest BCUT2D eigenvalue weighted by Crippen LogP contribution is -2.14. The van der Waals surface area contributed by atoms with Crippen LogP contribution in [0.15, 0.2) is 26.9 Å². The van der Waals surface area contributed by atoms with E-state index in [9.17, 15) is 8.42 Å². The van der Waals surface area contributed by atoms with Gasteiger partial charge in [-0.25, -0.2) is 8.42 Å². The summed E-state index contributed by atoms with van der Waals surface area (Å²) in [4.78, 5) is 0. The third kappa shape index (κ3) is 3.11. The standard InChI is InChI=1S/C12H12BrClN2O2S2/c1-6-3-8(13)5-9(15)11(6)16-20(17,18)10-4-7(2)12(14)19-10/h3-5,16H,15H2,1-2H3. The minimum absolute atomic E-state index is 0.168. The van der Waals surface area contributed by atoms with Crippen LogP contribution in [0, 0.1) is 13.8 Å². The molecule has 4 nitrogen and oxygen atoms in total. The van der Waals surface area contributed by atoms with E-state index in [-0.39, 0.29) is 4.21 Å². The van der Waals surface area contributed by atoms with E-state index in [2.05, 4.69) is 20.7 Å². The molecular formula is C12H12BrClN2O2S2. The number of aryl methyl sites for hydroxylation is 2. The fraction of sp³-hybridized carbons (Fsp3) is 0.167. The fourth-order valence-corrected chi connectivity index (χ4v) is 5.11. The van der Waals surface area contributed by atoms with Gasteiger partial charge in [0.05, 0.1) is 15.7 Å². The Hall–Kier alpha value is -0.760. The number of sulfonamides is 1. The average molecular weight is 396 g/mol. The van der Waals surface area contributed by atoms with Crippen LogP contribution in [0.4, 0.5) is 11.4 Å². The zero-order valence-corrected chi connectivity index (χ0v) is 14.7. The first-order chi connectivity index (χ1) is 9.20. The van der Waals surface area contributed by atoms with Gasteiger partial charge in [0.15, 0.2) is 0 Å². The molecule has 1 aromatic heterocycles. The molecule has 0 radical (unpaired) electrons. The van der Waals surface area contributed by atoms with Crippen LogP contribution in [0.5, 0.6) is 0 Å². The first-order valence-corrected chi connectivity index (χ1v) is 9.02. The molecule has 0 aliphatic heterocycles. The van der Waals surface area contributed by atoms with E-state index in [0.29, 0.717) is 15.7 Å². The smallest absolute Gasteiger partial charge is 0.271 e. The molecule has 108 valence electrons. The number of nitrogens with two attached hydrogens (primary N) is 1. The van der Waals surface area contributed by atoms with E-state index in [4.69, 9.17) is 17.3 Å². The molecule has 0 unspecified atom stereocenters. The highest BCUT2D eigenvalue weighted by molar-refractivity contribution is 9.10. The van der Waals surface area contributed by atoms with Crippen molar-refractivity contribution in [3.8, 4) is 0 Å². The molecule has 0 aliphatic carbocycles. The van der Waals surface area contributed by atoms with Gasteiger partial charge in [-0.05, 0) is 43.2 Å². The Morgan fingerprint density at radius 1 is 1.25 bits per heavy atom. The van der Waals surface area contributed by atoms with Gasteiger partial charge in [0.2, 0.25) is 0 Å². The highest BCUT2D eigenvalue weighted by atomic mass is 79.9. The minimum atomic E-state index is -3.68. The number of nitrogens with one attached hydrogen (secondary N) is 1. The van der Waals surface area contributed by atoms with Gasteiger partial charge in [0.1, 0.15) is 4.21 Å². The van der Waals surface area contributed by atoms with Gasteiger partial charge in [-0.15, -0.1) is 11.3 Å². The molecule has 1 aromatic carbocycles. The number of hydrogen-bond acceptors (Lipinski definition) is 4. The second-order valence-electron chi connectivity index (χ2n) is 4.31. The first-order valence-electron chi connectivity index (χ1n) is 5.55. The molecule has 0 atom stereocenters. The molecule has 1 heterocycles.